The third-order valence-corrected chi connectivity index (χ3v) is 8.86. The van der Waals surface area contributed by atoms with Gasteiger partial charge in [0.1, 0.15) is 11.7 Å². The Balaban J connectivity index is 1.53. The number of nitrogens with zero attached hydrogens (tertiary/aromatic N) is 1. The summed E-state index contributed by atoms with van der Waals surface area (Å²) in [4.78, 5) is 54.6. The lowest BCUT2D eigenvalue weighted by Gasteiger charge is -2.54. The van der Waals surface area contributed by atoms with Crippen molar-refractivity contribution < 1.29 is 34.5 Å². The van der Waals surface area contributed by atoms with Crippen molar-refractivity contribution in [2.45, 2.75) is 49.5 Å². The van der Waals surface area contributed by atoms with E-state index in [2.05, 4.69) is 10.6 Å². The lowest BCUT2D eigenvalue weighted by molar-refractivity contribution is -0.190. The zero-order valence-corrected chi connectivity index (χ0v) is 20.9. The topological polar surface area (TPSA) is 182 Å². The molecule has 1 aliphatic heterocycles. The SMILES string of the molecule is CN(C)[C@H]1C(O)C(C(N)=O)C(=O)[C@]2(O)C(=O)C3C(=O)c4c(ccc(NC5CCNCC5)c4O)C[C@@H]3C[C@H]12. The van der Waals surface area contributed by atoms with Gasteiger partial charge in [-0.3, -0.25) is 19.2 Å². The number of benzene rings is 1. The van der Waals surface area contributed by atoms with E-state index < -0.39 is 64.7 Å². The third kappa shape index (κ3) is 3.79. The number of phenolic OH excluding ortho intramolecular Hbond substituents is 1. The minimum Gasteiger partial charge on any atom is -0.505 e. The third-order valence-electron chi connectivity index (χ3n) is 8.86. The molecule has 1 saturated heterocycles. The van der Waals surface area contributed by atoms with Crippen LogP contribution >= 0.6 is 0 Å². The normalized spacial score (nSPS) is 36.1. The van der Waals surface area contributed by atoms with Crippen LogP contribution in [-0.4, -0.2) is 94.4 Å². The predicted octanol–water partition coefficient (Wildman–Crippen LogP) is -1.18. The monoisotopic (exact) mass is 514 g/mol. The zero-order chi connectivity index (χ0) is 26.8. The number of amides is 1. The molecule has 2 saturated carbocycles. The van der Waals surface area contributed by atoms with Crippen molar-refractivity contribution in [3.63, 3.8) is 0 Å². The number of Topliss-reactive ketones (excluding diaryl/α,β-unsaturated/α-hetero) is 3. The van der Waals surface area contributed by atoms with Gasteiger partial charge in [0.05, 0.1) is 23.3 Å². The number of ketones is 3. The minimum atomic E-state index is -2.65. The van der Waals surface area contributed by atoms with Crippen molar-refractivity contribution in [3.8, 4) is 5.75 Å². The molecule has 0 spiro atoms. The van der Waals surface area contributed by atoms with Crippen LogP contribution in [-0.2, 0) is 20.8 Å². The number of hydrogen-bond acceptors (Lipinski definition) is 10. The fraction of sp³-hybridized carbons (Fsp3) is 0.615. The van der Waals surface area contributed by atoms with Crippen molar-refractivity contribution in [3.05, 3.63) is 23.3 Å². The van der Waals surface area contributed by atoms with Crippen LogP contribution in [0.2, 0.25) is 0 Å². The number of carbonyl (C=O) groups excluding carboxylic acids is 4. The van der Waals surface area contributed by atoms with Crippen LogP contribution in [0.25, 0.3) is 0 Å². The summed E-state index contributed by atoms with van der Waals surface area (Å²) in [5, 5.41) is 40.2. The Kier molecular flexibility index (Phi) is 6.38. The number of fused-ring (bicyclic) bond motifs is 3. The maximum Gasteiger partial charge on any atom is 0.230 e. The number of rotatable bonds is 4. The van der Waals surface area contributed by atoms with Gasteiger partial charge in [-0.25, -0.2) is 0 Å². The van der Waals surface area contributed by atoms with E-state index in [0.717, 1.165) is 25.9 Å². The van der Waals surface area contributed by atoms with Crippen molar-refractivity contribution in [2.75, 3.05) is 32.5 Å². The molecule has 3 unspecified atom stereocenters. The summed E-state index contributed by atoms with van der Waals surface area (Å²) in [6.45, 7) is 1.67. The number of aliphatic hydroxyl groups is 2. The molecule has 1 amide bonds. The second kappa shape index (κ2) is 9.16. The molecule has 37 heavy (non-hydrogen) atoms. The molecule has 7 N–H and O–H groups in total. The van der Waals surface area contributed by atoms with Crippen LogP contribution in [0.15, 0.2) is 12.1 Å². The van der Waals surface area contributed by atoms with Crippen LogP contribution in [0.5, 0.6) is 5.75 Å². The van der Waals surface area contributed by atoms with Gasteiger partial charge in [-0.15, -0.1) is 0 Å². The molecule has 11 nitrogen and oxygen atoms in total. The average Bonchev–Trinajstić information content (AvgIpc) is 2.83. The van der Waals surface area contributed by atoms with Gasteiger partial charge in [-0.1, -0.05) is 6.07 Å². The highest BCUT2D eigenvalue weighted by atomic mass is 16.3. The van der Waals surface area contributed by atoms with Gasteiger partial charge < -0.3 is 36.6 Å². The molecule has 0 radical (unpaired) electrons. The summed E-state index contributed by atoms with van der Waals surface area (Å²) >= 11 is 0. The molecule has 200 valence electrons. The molecule has 1 aromatic rings. The van der Waals surface area contributed by atoms with Crippen LogP contribution in [0.1, 0.15) is 35.2 Å². The molecule has 5 rings (SSSR count). The van der Waals surface area contributed by atoms with E-state index in [0.29, 0.717) is 11.3 Å². The number of aromatic hydroxyl groups is 1. The smallest absolute Gasteiger partial charge is 0.230 e. The number of nitrogens with one attached hydrogen (secondary N) is 2. The second-order valence-electron chi connectivity index (χ2n) is 11.1. The van der Waals surface area contributed by atoms with Gasteiger partial charge >= 0.3 is 0 Å². The molecule has 3 aliphatic carbocycles. The van der Waals surface area contributed by atoms with Crippen molar-refractivity contribution in [2.24, 2.45) is 29.4 Å². The summed E-state index contributed by atoms with van der Waals surface area (Å²) in [7, 11) is 3.24. The van der Waals surface area contributed by atoms with Gasteiger partial charge in [0.2, 0.25) is 5.91 Å². The summed E-state index contributed by atoms with van der Waals surface area (Å²) in [5.74, 6) is -8.89. The Bertz CT molecular complexity index is 1160. The molecule has 4 aliphatic rings. The summed E-state index contributed by atoms with van der Waals surface area (Å²) in [5.41, 5.74) is 3.77. The number of phenols is 1. The molecular weight excluding hydrogens is 480 g/mol. The van der Waals surface area contributed by atoms with E-state index in [1.807, 2.05) is 0 Å². The quantitative estimate of drug-likeness (QED) is 0.211. The largest absolute Gasteiger partial charge is 0.505 e. The first kappa shape index (κ1) is 25.8. The Morgan fingerprint density at radius 1 is 1.16 bits per heavy atom. The van der Waals surface area contributed by atoms with Gasteiger partial charge in [0, 0.05) is 18.0 Å². The maximum atomic E-state index is 13.9. The zero-order valence-electron chi connectivity index (χ0n) is 20.9. The molecule has 7 atom stereocenters. The fourth-order valence-corrected chi connectivity index (χ4v) is 7.10. The highest BCUT2D eigenvalue weighted by Gasteiger charge is 2.69. The van der Waals surface area contributed by atoms with Crippen molar-refractivity contribution in [1.29, 1.82) is 0 Å². The molecule has 0 aromatic heterocycles. The van der Waals surface area contributed by atoms with E-state index >= 15 is 0 Å². The average molecular weight is 515 g/mol. The van der Waals surface area contributed by atoms with E-state index in [4.69, 9.17) is 5.73 Å². The molecule has 0 bridgehead atoms. The van der Waals surface area contributed by atoms with E-state index in [9.17, 15) is 34.5 Å². The molecule has 1 heterocycles. The highest BCUT2D eigenvalue weighted by Crippen LogP contribution is 2.52. The van der Waals surface area contributed by atoms with E-state index in [1.165, 1.54) is 0 Å². The lowest BCUT2D eigenvalue weighted by atomic mass is 9.52. The van der Waals surface area contributed by atoms with Gasteiger partial charge in [0.25, 0.3) is 0 Å². The second-order valence-corrected chi connectivity index (χ2v) is 11.1. The Hall–Kier alpha value is -2.86. The summed E-state index contributed by atoms with van der Waals surface area (Å²) < 4.78 is 0. The van der Waals surface area contributed by atoms with Crippen molar-refractivity contribution in [1.82, 2.24) is 10.2 Å². The Morgan fingerprint density at radius 3 is 2.46 bits per heavy atom. The van der Waals surface area contributed by atoms with Gasteiger partial charge in [-0.2, -0.15) is 0 Å². The number of anilines is 1. The Labute approximate surface area is 214 Å². The first-order valence-electron chi connectivity index (χ1n) is 12.8. The highest BCUT2D eigenvalue weighted by molar-refractivity contribution is 6.25. The molecular formula is C26H34N4O7. The fourth-order valence-electron chi connectivity index (χ4n) is 7.10. The number of piperidine rings is 1. The number of primary amides is 1. The number of carbonyl (C=O) groups is 4. The standard InChI is InChI=1S/C26H34N4O7/c1-30(2)19-14-10-12-9-11-3-4-15(29-13-5-7-28-8-6-13)20(31)16(11)21(32)17(12)23(34)26(14,37)24(35)18(22(19)33)25(27)36/h3-4,12-14,17-19,22,28-29,31,33,37H,5-10H2,1-2H3,(H2,27,36)/t12-,14-,17?,18?,19-,22?,26-/m1/s1. The Morgan fingerprint density at radius 2 is 1.84 bits per heavy atom. The molecule has 11 heteroatoms. The predicted molar refractivity (Wildman–Crippen MR) is 132 cm³/mol. The lowest BCUT2D eigenvalue weighted by Crippen LogP contribution is -2.75. The van der Waals surface area contributed by atoms with Crippen LogP contribution in [0, 0.1) is 23.7 Å². The van der Waals surface area contributed by atoms with Gasteiger partial charge in [0.15, 0.2) is 23.0 Å². The number of hydrogen-bond donors (Lipinski definition) is 6. The number of nitrogens with two attached hydrogens (primary N) is 1. The number of likely N-dealkylation sites (N-methyl/N-ethyl adjacent to an activating group) is 1. The van der Waals surface area contributed by atoms with E-state index in [1.54, 1.807) is 31.1 Å². The van der Waals surface area contributed by atoms with Crippen LogP contribution in [0.4, 0.5) is 5.69 Å². The minimum absolute atomic E-state index is 0.0227. The number of aliphatic hydroxyl groups excluding tert-OH is 1. The summed E-state index contributed by atoms with van der Waals surface area (Å²) in [6.07, 6.45) is 0.586. The van der Waals surface area contributed by atoms with Crippen LogP contribution < -0.4 is 16.4 Å². The van der Waals surface area contributed by atoms with Gasteiger partial charge in [-0.05, 0) is 70.4 Å². The first-order chi connectivity index (χ1) is 17.5. The molecule has 1 aromatic carbocycles. The summed E-state index contributed by atoms with van der Waals surface area (Å²) in [6, 6.07) is 2.71. The maximum absolute atomic E-state index is 13.9. The van der Waals surface area contributed by atoms with Crippen molar-refractivity contribution >= 4 is 28.9 Å². The van der Waals surface area contributed by atoms with E-state index in [-0.39, 0.29) is 30.2 Å². The first-order valence-corrected chi connectivity index (χ1v) is 12.8. The van der Waals surface area contributed by atoms with Crippen LogP contribution in [0.3, 0.4) is 0 Å². The molecule has 3 fully saturated rings.